The van der Waals surface area contributed by atoms with E-state index >= 15 is 0 Å². The molecule has 0 saturated heterocycles. The predicted octanol–water partition coefficient (Wildman–Crippen LogP) is 8.24. The van der Waals surface area contributed by atoms with Crippen LogP contribution in [-0.2, 0) is 0 Å². The van der Waals surface area contributed by atoms with Gasteiger partial charge in [0.25, 0.3) is 0 Å². The third-order valence-corrected chi connectivity index (χ3v) is 6.80. The molecule has 0 unspecified atom stereocenters. The van der Waals surface area contributed by atoms with Crippen LogP contribution in [0.4, 0.5) is 0 Å². The molecule has 4 heteroatoms. The number of hydrogen-bond donors (Lipinski definition) is 0. The molecule has 38 heavy (non-hydrogen) atoms. The highest BCUT2D eigenvalue weighted by Gasteiger charge is 2.08. The summed E-state index contributed by atoms with van der Waals surface area (Å²) in [5.41, 5.74) is 10.2. The molecule has 7 rings (SSSR count). The highest BCUT2D eigenvalue weighted by molar-refractivity contribution is 5.90. The van der Waals surface area contributed by atoms with Crippen LogP contribution in [0.25, 0.3) is 66.7 Å². The Labute approximate surface area is 220 Å². The van der Waals surface area contributed by atoms with Gasteiger partial charge in [0.15, 0.2) is 0 Å². The molecule has 4 heterocycles. The average Bonchev–Trinajstić information content (AvgIpc) is 3.01. The van der Waals surface area contributed by atoms with E-state index in [0.717, 1.165) is 66.7 Å². The lowest BCUT2D eigenvalue weighted by atomic mass is 10.00. The number of nitrogens with zero attached hydrogens (tertiary/aromatic N) is 4. The van der Waals surface area contributed by atoms with E-state index < -0.39 is 0 Å². The zero-order valence-corrected chi connectivity index (χ0v) is 20.5. The van der Waals surface area contributed by atoms with Gasteiger partial charge in [-0.25, -0.2) is 9.97 Å². The van der Waals surface area contributed by atoms with Crippen molar-refractivity contribution < 1.29 is 0 Å². The smallest absolute Gasteiger partial charge is 0.0893 e. The first-order valence-electron chi connectivity index (χ1n) is 12.5. The topological polar surface area (TPSA) is 51.6 Å². The van der Waals surface area contributed by atoms with E-state index in [1.165, 1.54) is 0 Å². The van der Waals surface area contributed by atoms with Gasteiger partial charge in [-0.05, 0) is 71.3 Å². The first-order valence-corrected chi connectivity index (χ1v) is 12.5. The van der Waals surface area contributed by atoms with Crippen LogP contribution in [-0.4, -0.2) is 19.9 Å². The molecule has 0 spiro atoms. The molecule has 0 N–H and O–H groups in total. The van der Waals surface area contributed by atoms with Crippen LogP contribution in [0.3, 0.4) is 0 Å². The maximum absolute atomic E-state index is 4.98. The molecule has 0 aliphatic rings. The quantitative estimate of drug-likeness (QED) is 0.251. The van der Waals surface area contributed by atoms with Crippen LogP contribution in [0.1, 0.15) is 0 Å². The van der Waals surface area contributed by atoms with Crippen LogP contribution in [0.15, 0.2) is 134 Å². The third-order valence-electron chi connectivity index (χ3n) is 6.80. The van der Waals surface area contributed by atoms with Gasteiger partial charge in [-0.3, -0.25) is 9.97 Å². The Morgan fingerprint density at radius 3 is 2.05 bits per heavy atom. The average molecular weight is 487 g/mol. The molecule has 4 nitrogen and oxygen atoms in total. The number of pyridine rings is 4. The maximum Gasteiger partial charge on any atom is 0.0893 e. The summed E-state index contributed by atoms with van der Waals surface area (Å²) >= 11 is 0. The standard InChI is InChI=1S/C34H22N4/c1-2-18-36-32(8-1)33-16-11-23-9-10-26(21-34(23)38-33)25-12-14-31-28(20-25)13-15-30(37-31)27-6-3-5-24(19-27)29-7-4-17-35-22-29/h1-22H. The van der Waals surface area contributed by atoms with Crippen molar-refractivity contribution in [2.75, 3.05) is 0 Å². The summed E-state index contributed by atoms with van der Waals surface area (Å²) in [5.74, 6) is 0. The van der Waals surface area contributed by atoms with Gasteiger partial charge in [0.2, 0.25) is 0 Å². The summed E-state index contributed by atoms with van der Waals surface area (Å²) < 4.78 is 0. The van der Waals surface area contributed by atoms with Gasteiger partial charge in [-0.15, -0.1) is 0 Å². The van der Waals surface area contributed by atoms with Crippen molar-refractivity contribution in [3.8, 4) is 44.9 Å². The molecule has 0 aliphatic heterocycles. The maximum atomic E-state index is 4.98. The molecule has 0 amide bonds. The van der Waals surface area contributed by atoms with Crippen LogP contribution in [0, 0.1) is 0 Å². The van der Waals surface area contributed by atoms with E-state index in [1.54, 1.807) is 12.4 Å². The molecule has 0 radical (unpaired) electrons. The lowest BCUT2D eigenvalue weighted by molar-refractivity contribution is 1.28. The minimum absolute atomic E-state index is 0.873. The van der Waals surface area contributed by atoms with Crippen molar-refractivity contribution >= 4 is 21.8 Å². The number of rotatable bonds is 4. The van der Waals surface area contributed by atoms with E-state index in [-0.39, 0.29) is 0 Å². The highest BCUT2D eigenvalue weighted by atomic mass is 14.8. The molecule has 0 saturated carbocycles. The van der Waals surface area contributed by atoms with Crippen molar-refractivity contribution in [2.24, 2.45) is 0 Å². The van der Waals surface area contributed by atoms with Crippen LogP contribution >= 0.6 is 0 Å². The lowest BCUT2D eigenvalue weighted by Crippen LogP contribution is -1.89. The number of aromatic nitrogens is 4. The number of benzene rings is 3. The number of hydrogen-bond acceptors (Lipinski definition) is 4. The summed E-state index contributed by atoms with van der Waals surface area (Å²) in [6.07, 6.45) is 5.47. The summed E-state index contributed by atoms with van der Waals surface area (Å²) in [7, 11) is 0. The molecule has 0 bridgehead atoms. The fraction of sp³-hybridized carbons (Fsp3) is 0. The van der Waals surface area contributed by atoms with Gasteiger partial charge in [0.1, 0.15) is 0 Å². The van der Waals surface area contributed by atoms with Gasteiger partial charge < -0.3 is 0 Å². The van der Waals surface area contributed by atoms with E-state index in [4.69, 9.17) is 9.97 Å². The number of fused-ring (bicyclic) bond motifs is 2. The van der Waals surface area contributed by atoms with Gasteiger partial charge in [-0.2, -0.15) is 0 Å². The Morgan fingerprint density at radius 1 is 0.395 bits per heavy atom. The van der Waals surface area contributed by atoms with Gasteiger partial charge >= 0.3 is 0 Å². The minimum Gasteiger partial charge on any atom is -0.264 e. The van der Waals surface area contributed by atoms with Crippen molar-refractivity contribution in [3.63, 3.8) is 0 Å². The predicted molar refractivity (Wildman–Crippen MR) is 154 cm³/mol. The largest absolute Gasteiger partial charge is 0.264 e. The molecule has 3 aromatic carbocycles. The first kappa shape index (κ1) is 22.0. The molecule has 4 aromatic heterocycles. The molecular formula is C34H22N4. The Balaban J connectivity index is 1.23. The summed E-state index contributed by atoms with van der Waals surface area (Å²) in [5, 5.41) is 2.21. The van der Waals surface area contributed by atoms with Crippen molar-refractivity contribution in [1.82, 2.24) is 19.9 Å². The monoisotopic (exact) mass is 486 g/mol. The van der Waals surface area contributed by atoms with E-state index in [0.29, 0.717) is 0 Å². The van der Waals surface area contributed by atoms with Crippen LogP contribution in [0.5, 0.6) is 0 Å². The molecule has 178 valence electrons. The summed E-state index contributed by atoms with van der Waals surface area (Å²) in [6, 6.07) is 39.6. The van der Waals surface area contributed by atoms with Crippen LogP contribution < -0.4 is 0 Å². The minimum atomic E-state index is 0.873. The Kier molecular flexibility index (Phi) is 5.41. The normalized spacial score (nSPS) is 11.2. The van der Waals surface area contributed by atoms with Gasteiger partial charge in [0, 0.05) is 40.5 Å². The van der Waals surface area contributed by atoms with E-state index in [9.17, 15) is 0 Å². The Hall–Kier alpha value is -5.22. The SMILES string of the molecule is c1ccc(-c2ccc3ccc(-c4ccc5nc(-c6cccc(-c7cccnc7)c6)ccc5c4)cc3n2)nc1. The van der Waals surface area contributed by atoms with Crippen LogP contribution in [0.2, 0.25) is 0 Å². The second-order valence-electron chi connectivity index (χ2n) is 9.25. The lowest BCUT2D eigenvalue weighted by Gasteiger charge is -2.09. The fourth-order valence-electron chi connectivity index (χ4n) is 4.81. The summed E-state index contributed by atoms with van der Waals surface area (Å²) in [6.45, 7) is 0. The Morgan fingerprint density at radius 2 is 1.16 bits per heavy atom. The highest BCUT2D eigenvalue weighted by Crippen LogP contribution is 2.30. The second-order valence-corrected chi connectivity index (χ2v) is 9.25. The zero-order chi connectivity index (χ0) is 25.3. The second kappa shape index (κ2) is 9.34. The molecule has 0 atom stereocenters. The van der Waals surface area contributed by atoms with E-state index in [2.05, 4.69) is 94.9 Å². The first-order chi connectivity index (χ1) is 18.8. The third kappa shape index (κ3) is 4.18. The molecule has 7 aromatic rings. The Bertz CT molecular complexity index is 1920. The molecule has 0 aliphatic carbocycles. The van der Waals surface area contributed by atoms with Crippen molar-refractivity contribution in [2.45, 2.75) is 0 Å². The molecule has 0 fully saturated rings. The van der Waals surface area contributed by atoms with E-state index in [1.807, 2.05) is 36.5 Å². The van der Waals surface area contributed by atoms with Gasteiger partial charge in [0.05, 0.1) is 28.1 Å². The van der Waals surface area contributed by atoms with Crippen molar-refractivity contribution in [1.29, 1.82) is 0 Å². The van der Waals surface area contributed by atoms with Gasteiger partial charge in [-0.1, -0.05) is 60.7 Å². The zero-order valence-electron chi connectivity index (χ0n) is 20.5. The summed E-state index contributed by atoms with van der Waals surface area (Å²) in [4.78, 5) is 18.6. The van der Waals surface area contributed by atoms with Crippen molar-refractivity contribution in [3.05, 3.63) is 134 Å². The fourth-order valence-corrected chi connectivity index (χ4v) is 4.81. The molecular weight excluding hydrogens is 464 g/mol.